The minimum Gasteiger partial charge on any atom is -0.492 e. The van der Waals surface area contributed by atoms with E-state index in [1.54, 1.807) is 17.0 Å². The zero-order valence-corrected chi connectivity index (χ0v) is 19.9. The number of pyridine rings is 1. The fourth-order valence-electron chi connectivity index (χ4n) is 4.47. The molecule has 2 saturated heterocycles. The lowest BCUT2D eigenvalue weighted by Crippen LogP contribution is -2.35. The van der Waals surface area contributed by atoms with Crippen molar-refractivity contribution in [3.8, 4) is 11.8 Å². The zero-order valence-electron chi connectivity index (χ0n) is 19.1. The number of ether oxygens (including phenoxy) is 1. The van der Waals surface area contributed by atoms with Crippen LogP contribution in [0.1, 0.15) is 12.0 Å². The Morgan fingerprint density at radius 2 is 2.00 bits per heavy atom. The number of hydrogen-bond donors (Lipinski definition) is 1. The van der Waals surface area contributed by atoms with Gasteiger partial charge < -0.3 is 15.0 Å². The molecule has 2 fully saturated rings. The number of benzene rings is 1. The Morgan fingerprint density at radius 3 is 2.63 bits per heavy atom. The average Bonchev–Trinajstić information content (AvgIpc) is 3.44. The van der Waals surface area contributed by atoms with Gasteiger partial charge in [-0.15, -0.1) is 0 Å². The van der Waals surface area contributed by atoms with E-state index in [4.69, 9.17) is 10.00 Å². The van der Waals surface area contributed by atoms with Crippen LogP contribution in [-0.4, -0.2) is 67.8 Å². The molecule has 11 heteroatoms. The van der Waals surface area contributed by atoms with Crippen LogP contribution in [0.3, 0.4) is 0 Å². The Labute approximate surface area is 203 Å². The van der Waals surface area contributed by atoms with Crippen LogP contribution in [0.2, 0.25) is 0 Å². The molecular weight excluding hydrogens is 473 g/mol. The second kappa shape index (κ2) is 10.4. The van der Waals surface area contributed by atoms with Gasteiger partial charge in [-0.2, -0.15) is 9.57 Å². The zero-order chi connectivity index (χ0) is 25.0. The predicted molar refractivity (Wildman–Crippen MR) is 126 cm³/mol. The van der Waals surface area contributed by atoms with Crippen LogP contribution in [-0.2, 0) is 14.8 Å². The summed E-state index contributed by atoms with van der Waals surface area (Å²) in [7, 11) is -4.12. The van der Waals surface area contributed by atoms with Crippen LogP contribution in [0.15, 0.2) is 54.1 Å². The standard InChI is InChI=1S/C24H26FN5O4S/c1-2-23(31)29-13-18-15-30(16-19(18)14-29)35(32,33)24-20(25)5-3-6-21(24)34-10-4-9-27-22-8-7-17(11-26)12-28-22/h2-3,5-8,12,18-19H,1,4,9-10,13-16H2,(H,27,28)/t18-,19+. The Balaban J connectivity index is 1.36. The maximum absolute atomic E-state index is 14.8. The second-order valence-corrected chi connectivity index (χ2v) is 10.4. The maximum atomic E-state index is 14.8. The minimum atomic E-state index is -4.12. The fourth-order valence-corrected chi connectivity index (χ4v) is 6.20. The van der Waals surface area contributed by atoms with Crippen molar-refractivity contribution in [2.24, 2.45) is 11.8 Å². The normalized spacial score (nSPS) is 19.7. The highest BCUT2D eigenvalue weighted by Crippen LogP contribution is 2.37. The average molecular weight is 500 g/mol. The largest absolute Gasteiger partial charge is 0.492 e. The van der Waals surface area contributed by atoms with Gasteiger partial charge in [-0.05, 0) is 48.6 Å². The number of carbonyl (C=O) groups excluding carboxylic acids is 1. The molecule has 0 aliphatic carbocycles. The van der Waals surface area contributed by atoms with Gasteiger partial charge in [-0.3, -0.25) is 4.79 Å². The van der Waals surface area contributed by atoms with Crippen LogP contribution in [0.25, 0.3) is 0 Å². The number of rotatable bonds is 9. The van der Waals surface area contributed by atoms with Crippen molar-refractivity contribution in [3.63, 3.8) is 0 Å². The molecule has 4 rings (SSSR count). The molecule has 1 aromatic heterocycles. The molecule has 2 aliphatic rings. The highest BCUT2D eigenvalue weighted by atomic mass is 32.2. The predicted octanol–water partition coefficient (Wildman–Crippen LogP) is 2.24. The minimum absolute atomic E-state index is 0.00623. The molecule has 2 aromatic rings. The highest BCUT2D eigenvalue weighted by molar-refractivity contribution is 7.89. The molecule has 9 nitrogen and oxygen atoms in total. The number of hydrogen-bond acceptors (Lipinski definition) is 7. The first-order valence-corrected chi connectivity index (χ1v) is 12.7. The number of aromatic nitrogens is 1. The van der Waals surface area contributed by atoms with Gasteiger partial charge in [-0.1, -0.05) is 12.6 Å². The number of nitrogens with zero attached hydrogens (tertiary/aromatic N) is 4. The van der Waals surface area contributed by atoms with Gasteiger partial charge in [-0.25, -0.2) is 17.8 Å². The van der Waals surface area contributed by atoms with Crippen molar-refractivity contribution < 1.29 is 22.3 Å². The molecular formula is C24H26FN5O4S. The summed E-state index contributed by atoms with van der Waals surface area (Å²) in [5.41, 5.74) is 0.461. The summed E-state index contributed by atoms with van der Waals surface area (Å²) in [5.74, 6) is -0.433. The Bertz CT molecular complexity index is 1230. The number of fused-ring (bicyclic) bond motifs is 1. The van der Waals surface area contributed by atoms with Gasteiger partial charge in [0.1, 0.15) is 23.5 Å². The number of halogens is 1. The summed E-state index contributed by atoms with van der Waals surface area (Å²) < 4.78 is 48.5. The lowest BCUT2D eigenvalue weighted by molar-refractivity contribution is -0.125. The third kappa shape index (κ3) is 5.28. The van der Waals surface area contributed by atoms with Gasteiger partial charge in [0.2, 0.25) is 15.9 Å². The third-order valence-electron chi connectivity index (χ3n) is 6.25. The monoisotopic (exact) mass is 499 g/mol. The summed E-state index contributed by atoms with van der Waals surface area (Å²) in [4.78, 5) is 17.2. The molecule has 2 atom stereocenters. The van der Waals surface area contributed by atoms with Gasteiger partial charge in [0.05, 0.1) is 12.2 Å². The molecule has 0 bridgehead atoms. The van der Waals surface area contributed by atoms with E-state index < -0.39 is 20.7 Å². The lowest BCUT2D eigenvalue weighted by atomic mass is 10.0. The summed E-state index contributed by atoms with van der Waals surface area (Å²) in [6, 6.07) is 9.32. The Kier molecular flexibility index (Phi) is 7.33. The molecule has 0 saturated carbocycles. The van der Waals surface area contributed by atoms with Crippen LogP contribution in [0, 0.1) is 29.0 Å². The van der Waals surface area contributed by atoms with Crippen molar-refractivity contribution in [1.82, 2.24) is 14.2 Å². The fraction of sp³-hybridized carbons (Fsp3) is 0.375. The number of carbonyl (C=O) groups is 1. The van der Waals surface area contributed by atoms with E-state index in [0.29, 0.717) is 37.4 Å². The number of nitrogens with one attached hydrogen (secondary N) is 1. The topological polar surface area (TPSA) is 116 Å². The van der Waals surface area contributed by atoms with Crippen molar-refractivity contribution in [2.75, 3.05) is 44.6 Å². The molecule has 35 heavy (non-hydrogen) atoms. The molecule has 0 radical (unpaired) electrons. The number of nitriles is 1. The molecule has 3 heterocycles. The smallest absolute Gasteiger partial charge is 0.249 e. The number of sulfonamides is 1. The van der Waals surface area contributed by atoms with E-state index in [1.807, 2.05) is 6.07 Å². The van der Waals surface area contributed by atoms with E-state index in [1.165, 1.54) is 28.7 Å². The van der Waals surface area contributed by atoms with Crippen LogP contribution >= 0.6 is 0 Å². The van der Waals surface area contributed by atoms with Crippen LogP contribution < -0.4 is 10.1 Å². The van der Waals surface area contributed by atoms with E-state index in [9.17, 15) is 17.6 Å². The first kappa shape index (κ1) is 24.6. The Hall–Kier alpha value is -3.49. The SMILES string of the molecule is C=CC(=O)N1C[C@@H]2CN(S(=O)(=O)c3c(F)cccc3OCCCNc3ccc(C#N)cn3)C[C@@H]2C1. The molecule has 0 unspecified atom stereocenters. The summed E-state index contributed by atoms with van der Waals surface area (Å²) in [5, 5.41) is 11.9. The van der Waals surface area contributed by atoms with Gasteiger partial charge in [0, 0.05) is 38.9 Å². The van der Waals surface area contributed by atoms with E-state index in [0.717, 1.165) is 6.07 Å². The molecule has 1 amide bonds. The van der Waals surface area contributed by atoms with E-state index in [-0.39, 0.29) is 43.2 Å². The van der Waals surface area contributed by atoms with Crippen LogP contribution in [0.4, 0.5) is 10.2 Å². The number of likely N-dealkylation sites (tertiary alicyclic amines) is 1. The van der Waals surface area contributed by atoms with Gasteiger partial charge in [0.15, 0.2) is 4.90 Å². The first-order valence-electron chi connectivity index (χ1n) is 11.3. The van der Waals surface area contributed by atoms with E-state index in [2.05, 4.69) is 16.9 Å². The molecule has 2 aliphatic heterocycles. The molecule has 1 aromatic carbocycles. The quantitative estimate of drug-likeness (QED) is 0.416. The van der Waals surface area contributed by atoms with Gasteiger partial charge >= 0.3 is 0 Å². The van der Waals surface area contributed by atoms with Crippen molar-refractivity contribution in [2.45, 2.75) is 11.3 Å². The molecule has 1 N–H and O–H groups in total. The summed E-state index contributed by atoms with van der Waals surface area (Å²) >= 11 is 0. The van der Waals surface area contributed by atoms with E-state index >= 15 is 0 Å². The summed E-state index contributed by atoms with van der Waals surface area (Å²) in [6.07, 6.45) is 3.23. The summed E-state index contributed by atoms with van der Waals surface area (Å²) in [6.45, 7) is 5.53. The van der Waals surface area contributed by atoms with Crippen molar-refractivity contribution >= 4 is 21.7 Å². The lowest BCUT2D eigenvalue weighted by Gasteiger charge is -2.22. The van der Waals surface area contributed by atoms with Gasteiger partial charge in [0.25, 0.3) is 0 Å². The molecule has 184 valence electrons. The van der Waals surface area contributed by atoms with Crippen molar-refractivity contribution in [1.29, 1.82) is 5.26 Å². The van der Waals surface area contributed by atoms with Crippen molar-refractivity contribution in [3.05, 3.63) is 60.6 Å². The maximum Gasteiger partial charge on any atom is 0.249 e. The number of amides is 1. The number of anilines is 1. The second-order valence-electron chi connectivity index (χ2n) is 8.53. The van der Waals surface area contributed by atoms with Crippen LogP contribution in [0.5, 0.6) is 5.75 Å². The third-order valence-corrected chi connectivity index (χ3v) is 8.14. The molecule has 0 spiro atoms. The Morgan fingerprint density at radius 1 is 1.26 bits per heavy atom. The highest BCUT2D eigenvalue weighted by Gasteiger charge is 2.46. The first-order chi connectivity index (χ1) is 16.8.